The van der Waals surface area contributed by atoms with Crippen LogP contribution in [0.5, 0.6) is 0 Å². The number of aliphatic carboxylic acids is 1. The summed E-state index contributed by atoms with van der Waals surface area (Å²) in [5, 5.41) is 11.9. The van der Waals surface area contributed by atoms with Gasteiger partial charge in [-0.05, 0) is 24.5 Å². The molecular formula is C13H21N3O4S. The van der Waals surface area contributed by atoms with Gasteiger partial charge in [0.2, 0.25) is 10.0 Å². The Morgan fingerprint density at radius 1 is 1.38 bits per heavy atom. The number of hydrogen-bond donors (Lipinski definition) is 2. The highest BCUT2D eigenvalue weighted by molar-refractivity contribution is 7.89. The summed E-state index contributed by atoms with van der Waals surface area (Å²) in [6.45, 7) is 3.86. The number of aromatic nitrogens is 1. The topological polar surface area (TPSA) is 99.6 Å². The molecule has 1 aromatic rings. The molecule has 118 valence electrons. The predicted octanol–water partition coefficient (Wildman–Crippen LogP) is 1.24. The second-order valence-corrected chi connectivity index (χ2v) is 7.48. The van der Waals surface area contributed by atoms with E-state index in [4.69, 9.17) is 5.11 Å². The Labute approximate surface area is 125 Å². The van der Waals surface area contributed by atoms with E-state index in [9.17, 15) is 13.2 Å². The zero-order valence-corrected chi connectivity index (χ0v) is 13.4. The van der Waals surface area contributed by atoms with Crippen LogP contribution in [0.3, 0.4) is 0 Å². The number of hydrogen-bond acceptors (Lipinski definition) is 5. The summed E-state index contributed by atoms with van der Waals surface area (Å²) in [7, 11) is -0.661. The average molecular weight is 315 g/mol. The highest BCUT2D eigenvalue weighted by Crippen LogP contribution is 2.16. The molecule has 0 aliphatic carbocycles. The zero-order valence-electron chi connectivity index (χ0n) is 12.6. The standard InChI is InChI=1S/C13H21N3O4S/c1-9(2)7-11(13(17)18)15-12-6-5-10(8-14-12)21(19,20)16(3)4/h5-6,8-9,11H,7H2,1-4H3,(H,14,15)(H,17,18). The van der Waals surface area contributed by atoms with E-state index >= 15 is 0 Å². The molecule has 0 amide bonds. The highest BCUT2D eigenvalue weighted by atomic mass is 32.2. The van der Waals surface area contributed by atoms with Gasteiger partial charge in [0.15, 0.2) is 0 Å². The number of anilines is 1. The fourth-order valence-corrected chi connectivity index (χ4v) is 2.55. The van der Waals surface area contributed by atoms with Gasteiger partial charge in [0.05, 0.1) is 0 Å². The molecule has 0 saturated heterocycles. The molecule has 1 rings (SSSR count). The SMILES string of the molecule is CC(C)CC(Nc1ccc(S(=O)(=O)N(C)C)cn1)C(=O)O. The number of nitrogens with one attached hydrogen (secondary N) is 1. The first-order valence-corrected chi connectivity index (χ1v) is 7.96. The Morgan fingerprint density at radius 3 is 2.38 bits per heavy atom. The second-order valence-electron chi connectivity index (χ2n) is 5.33. The van der Waals surface area contributed by atoms with Crippen molar-refractivity contribution in [1.29, 1.82) is 0 Å². The highest BCUT2D eigenvalue weighted by Gasteiger charge is 2.20. The molecular weight excluding hydrogens is 294 g/mol. The lowest BCUT2D eigenvalue weighted by molar-refractivity contribution is -0.138. The molecule has 21 heavy (non-hydrogen) atoms. The summed E-state index contributed by atoms with van der Waals surface area (Å²) in [5.74, 6) is -0.414. The molecule has 0 saturated carbocycles. The molecule has 1 unspecified atom stereocenters. The smallest absolute Gasteiger partial charge is 0.326 e. The molecule has 1 atom stereocenters. The van der Waals surface area contributed by atoms with Gasteiger partial charge in [-0.15, -0.1) is 0 Å². The van der Waals surface area contributed by atoms with Crippen molar-refractivity contribution in [2.24, 2.45) is 5.92 Å². The van der Waals surface area contributed by atoms with Crippen LogP contribution in [-0.2, 0) is 14.8 Å². The zero-order chi connectivity index (χ0) is 16.2. The molecule has 2 N–H and O–H groups in total. The third-order valence-corrected chi connectivity index (χ3v) is 4.64. The molecule has 0 aliphatic heterocycles. The molecule has 8 heteroatoms. The van der Waals surface area contributed by atoms with Gasteiger partial charge >= 0.3 is 5.97 Å². The Bertz CT molecular complexity index is 582. The summed E-state index contributed by atoms with van der Waals surface area (Å²) < 4.78 is 24.9. The van der Waals surface area contributed by atoms with E-state index in [1.165, 1.54) is 32.4 Å². The van der Waals surface area contributed by atoms with E-state index < -0.39 is 22.0 Å². The van der Waals surface area contributed by atoms with Crippen LogP contribution < -0.4 is 5.32 Å². The molecule has 7 nitrogen and oxygen atoms in total. The van der Waals surface area contributed by atoms with Crippen LogP contribution in [0.2, 0.25) is 0 Å². The molecule has 0 spiro atoms. The third kappa shape index (κ3) is 4.68. The minimum atomic E-state index is -3.53. The molecule has 0 bridgehead atoms. The van der Waals surface area contributed by atoms with Gasteiger partial charge in [-0.2, -0.15) is 0 Å². The first-order valence-electron chi connectivity index (χ1n) is 6.52. The number of rotatable bonds is 7. The van der Waals surface area contributed by atoms with E-state index in [-0.39, 0.29) is 10.8 Å². The molecule has 1 heterocycles. The van der Waals surface area contributed by atoms with Crippen molar-refractivity contribution in [3.8, 4) is 0 Å². The number of nitrogens with zero attached hydrogens (tertiary/aromatic N) is 2. The van der Waals surface area contributed by atoms with E-state index in [0.717, 1.165) is 4.31 Å². The number of pyridine rings is 1. The largest absolute Gasteiger partial charge is 0.480 e. The Kier molecular flexibility index (Phi) is 5.68. The maximum atomic E-state index is 11.9. The number of carbonyl (C=O) groups is 1. The fraction of sp³-hybridized carbons (Fsp3) is 0.538. The van der Waals surface area contributed by atoms with Gasteiger partial charge in [-0.3, -0.25) is 0 Å². The molecule has 1 aromatic heterocycles. The van der Waals surface area contributed by atoms with Crippen LogP contribution in [0.25, 0.3) is 0 Å². The van der Waals surface area contributed by atoms with Gasteiger partial charge in [0.1, 0.15) is 16.8 Å². The van der Waals surface area contributed by atoms with Gasteiger partial charge < -0.3 is 10.4 Å². The van der Waals surface area contributed by atoms with Crippen molar-refractivity contribution >= 4 is 21.8 Å². The summed E-state index contributed by atoms with van der Waals surface area (Å²) in [6, 6.07) is 2.11. The lowest BCUT2D eigenvalue weighted by atomic mass is 10.0. The monoisotopic (exact) mass is 315 g/mol. The Balaban J connectivity index is 2.90. The molecule has 0 aliphatic rings. The maximum absolute atomic E-state index is 11.9. The van der Waals surface area contributed by atoms with Crippen molar-refractivity contribution in [3.05, 3.63) is 18.3 Å². The van der Waals surface area contributed by atoms with Crippen molar-refractivity contribution in [2.75, 3.05) is 19.4 Å². The third-order valence-electron chi connectivity index (χ3n) is 2.84. The van der Waals surface area contributed by atoms with Crippen molar-refractivity contribution in [3.63, 3.8) is 0 Å². The van der Waals surface area contributed by atoms with E-state index in [0.29, 0.717) is 12.2 Å². The first-order chi connectivity index (χ1) is 9.64. The summed E-state index contributed by atoms with van der Waals surface area (Å²) in [5.41, 5.74) is 0. The van der Waals surface area contributed by atoms with Gasteiger partial charge in [-0.25, -0.2) is 22.5 Å². The Hall–Kier alpha value is -1.67. The molecule has 0 aromatic carbocycles. The van der Waals surface area contributed by atoms with Gasteiger partial charge in [0.25, 0.3) is 0 Å². The normalized spacial score (nSPS) is 13.4. The summed E-state index contributed by atoms with van der Waals surface area (Å²) >= 11 is 0. The van der Waals surface area contributed by atoms with Crippen LogP contribution in [0, 0.1) is 5.92 Å². The van der Waals surface area contributed by atoms with Crippen molar-refractivity contribution in [2.45, 2.75) is 31.2 Å². The predicted molar refractivity (Wildman–Crippen MR) is 79.6 cm³/mol. The summed E-state index contributed by atoms with van der Waals surface area (Å²) in [6.07, 6.45) is 1.67. The van der Waals surface area contributed by atoms with Crippen LogP contribution in [0.1, 0.15) is 20.3 Å². The minimum Gasteiger partial charge on any atom is -0.480 e. The lowest BCUT2D eigenvalue weighted by Gasteiger charge is -2.17. The Morgan fingerprint density at radius 2 is 2.00 bits per heavy atom. The van der Waals surface area contributed by atoms with Crippen LogP contribution in [0.4, 0.5) is 5.82 Å². The van der Waals surface area contributed by atoms with E-state index in [1.54, 1.807) is 0 Å². The fourth-order valence-electron chi connectivity index (χ4n) is 1.70. The van der Waals surface area contributed by atoms with Crippen LogP contribution >= 0.6 is 0 Å². The van der Waals surface area contributed by atoms with Crippen LogP contribution in [-0.4, -0.2) is 48.9 Å². The number of carboxylic acids is 1. The quantitative estimate of drug-likeness (QED) is 0.785. The molecule has 0 radical (unpaired) electrons. The molecule has 0 fully saturated rings. The van der Waals surface area contributed by atoms with Crippen LogP contribution in [0.15, 0.2) is 23.2 Å². The van der Waals surface area contributed by atoms with Crippen molar-refractivity contribution < 1.29 is 18.3 Å². The van der Waals surface area contributed by atoms with E-state index in [1.807, 2.05) is 13.8 Å². The minimum absolute atomic E-state index is 0.0637. The summed E-state index contributed by atoms with van der Waals surface area (Å²) in [4.78, 5) is 15.2. The van der Waals surface area contributed by atoms with Crippen molar-refractivity contribution in [1.82, 2.24) is 9.29 Å². The van der Waals surface area contributed by atoms with Gasteiger partial charge in [-0.1, -0.05) is 13.8 Å². The number of sulfonamides is 1. The second kappa shape index (κ2) is 6.86. The van der Waals surface area contributed by atoms with E-state index in [2.05, 4.69) is 10.3 Å². The van der Waals surface area contributed by atoms with Gasteiger partial charge in [0, 0.05) is 20.3 Å². The maximum Gasteiger partial charge on any atom is 0.326 e. The first kappa shape index (κ1) is 17.4. The lowest BCUT2D eigenvalue weighted by Crippen LogP contribution is -2.31. The number of carboxylic acid groups (broad SMARTS) is 1. The average Bonchev–Trinajstić information content (AvgIpc) is 2.37.